The van der Waals surface area contributed by atoms with E-state index in [4.69, 9.17) is 9.47 Å². The number of amides is 1. The number of ether oxygens (including phenoxy) is 2. The summed E-state index contributed by atoms with van der Waals surface area (Å²) in [6.07, 6.45) is -1.00. The molecule has 0 saturated heterocycles. The second-order valence-corrected chi connectivity index (χ2v) is 7.07. The number of carboxylic acid groups (broad SMARTS) is 2. The van der Waals surface area contributed by atoms with Crippen LogP contribution in [0.4, 0.5) is 4.79 Å². The summed E-state index contributed by atoms with van der Waals surface area (Å²) in [6.45, 7) is -0.0598. The first-order valence-corrected chi connectivity index (χ1v) is 9.63. The summed E-state index contributed by atoms with van der Waals surface area (Å²) in [7, 11) is 1.53. The van der Waals surface area contributed by atoms with Gasteiger partial charge in [-0.25, -0.2) is 9.59 Å². The summed E-state index contributed by atoms with van der Waals surface area (Å²) in [5.41, 5.74) is 1.51. The standard InChI is InChI=1S/C20H21NO7S/c1-27-15-9-7-14(8-10-15)12-29-17(19(24)25)16(18(22)23)21-20(26)28-11-13-5-3-2-4-6-13/h2-10,16-17H,11-12H2,1H3,(H,21,26)(H,22,23)(H,24,25). The zero-order valence-electron chi connectivity index (χ0n) is 15.6. The third-order valence-corrected chi connectivity index (χ3v) is 5.22. The number of rotatable bonds is 10. The largest absolute Gasteiger partial charge is 0.497 e. The number of carbonyl (C=O) groups excluding carboxylic acids is 1. The van der Waals surface area contributed by atoms with E-state index < -0.39 is 29.3 Å². The van der Waals surface area contributed by atoms with Crippen molar-refractivity contribution in [1.82, 2.24) is 5.32 Å². The minimum Gasteiger partial charge on any atom is -0.497 e. The van der Waals surface area contributed by atoms with Gasteiger partial charge in [0.25, 0.3) is 0 Å². The molecule has 0 saturated carbocycles. The Balaban J connectivity index is 1.98. The van der Waals surface area contributed by atoms with Gasteiger partial charge in [-0.2, -0.15) is 0 Å². The molecule has 0 radical (unpaired) electrons. The lowest BCUT2D eigenvalue weighted by Gasteiger charge is -2.21. The molecule has 154 valence electrons. The zero-order chi connectivity index (χ0) is 21.2. The molecule has 0 heterocycles. The predicted molar refractivity (Wildman–Crippen MR) is 107 cm³/mol. The van der Waals surface area contributed by atoms with Crippen LogP contribution < -0.4 is 10.1 Å². The number of methoxy groups -OCH3 is 1. The maximum absolute atomic E-state index is 12.0. The predicted octanol–water partition coefficient (Wildman–Crippen LogP) is 2.76. The molecule has 0 aliphatic heterocycles. The number of benzene rings is 2. The van der Waals surface area contributed by atoms with Crippen LogP contribution in [0.2, 0.25) is 0 Å². The number of carbonyl (C=O) groups is 3. The van der Waals surface area contributed by atoms with Crippen molar-refractivity contribution in [3.63, 3.8) is 0 Å². The number of hydrogen-bond acceptors (Lipinski definition) is 6. The fraction of sp³-hybridized carbons (Fsp3) is 0.250. The number of nitrogens with one attached hydrogen (secondary N) is 1. The molecule has 2 aromatic carbocycles. The quantitative estimate of drug-likeness (QED) is 0.537. The average molecular weight is 419 g/mol. The van der Waals surface area contributed by atoms with E-state index in [9.17, 15) is 24.6 Å². The van der Waals surface area contributed by atoms with E-state index in [-0.39, 0.29) is 12.4 Å². The van der Waals surface area contributed by atoms with Gasteiger partial charge in [-0.1, -0.05) is 42.5 Å². The smallest absolute Gasteiger partial charge is 0.408 e. The van der Waals surface area contributed by atoms with E-state index in [2.05, 4.69) is 5.32 Å². The van der Waals surface area contributed by atoms with Crippen molar-refractivity contribution < 1.29 is 34.1 Å². The molecule has 0 spiro atoms. The van der Waals surface area contributed by atoms with Gasteiger partial charge in [-0.05, 0) is 23.3 Å². The number of alkyl carbamates (subject to hydrolysis) is 1. The highest BCUT2D eigenvalue weighted by Gasteiger charge is 2.36. The Morgan fingerprint density at radius 3 is 2.17 bits per heavy atom. The van der Waals surface area contributed by atoms with Gasteiger partial charge in [0.05, 0.1) is 7.11 Å². The van der Waals surface area contributed by atoms with Crippen molar-refractivity contribution in [2.24, 2.45) is 0 Å². The SMILES string of the molecule is COc1ccc(CSC(C(=O)O)C(NC(=O)OCc2ccccc2)C(=O)O)cc1. The van der Waals surface area contributed by atoms with E-state index >= 15 is 0 Å². The van der Waals surface area contributed by atoms with Crippen LogP contribution in [0.15, 0.2) is 54.6 Å². The molecule has 2 aromatic rings. The average Bonchev–Trinajstić information content (AvgIpc) is 2.72. The number of carboxylic acids is 2. The van der Waals surface area contributed by atoms with E-state index in [1.54, 1.807) is 48.5 Å². The van der Waals surface area contributed by atoms with Gasteiger partial charge in [0.15, 0.2) is 6.04 Å². The summed E-state index contributed by atoms with van der Waals surface area (Å²) in [5.74, 6) is -1.92. The fourth-order valence-electron chi connectivity index (χ4n) is 2.38. The third kappa shape index (κ3) is 7.04. The first kappa shape index (κ1) is 22.1. The van der Waals surface area contributed by atoms with Crippen LogP contribution in [0.5, 0.6) is 5.75 Å². The molecule has 8 nitrogen and oxygen atoms in total. The van der Waals surface area contributed by atoms with Crippen molar-refractivity contribution >= 4 is 29.8 Å². The van der Waals surface area contributed by atoms with Gasteiger partial charge in [-0.3, -0.25) is 4.79 Å². The molecule has 0 aliphatic carbocycles. The number of hydrogen-bond donors (Lipinski definition) is 3. The first-order chi connectivity index (χ1) is 13.9. The van der Waals surface area contributed by atoms with Crippen LogP contribution in [0.25, 0.3) is 0 Å². The molecule has 9 heteroatoms. The molecule has 0 bridgehead atoms. The maximum atomic E-state index is 12.0. The van der Waals surface area contributed by atoms with Crippen molar-refractivity contribution in [2.75, 3.05) is 7.11 Å². The van der Waals surface area contributed by atoms with Gasteiger partial charge >= 0.3 is 18.0 Å². The fourth-order valence-corrected chi connectivity index (χ4v) is 3.46. The summed E-state index contributed by atoms with van der Waals surface area (Å²) in [5, 5.41) is 19.6. The van der Waals surface area contributed by atoms with Crippen molar-refractivity contribution in [1.29, 1.82) is 0 Å². The molecule has 2 unspecified atom stereocenters. The second kappa shape index (κ2) is 11.0. The molecule has 3 N–H and O–H groups in total. The van der Waals surface area contributed by atoms with Gasteiger partial charge in [0.1, 0.15) is 17.6 Å². The lowest BCUT2D eigenvalue weighted by molar-refractivity contribution is -0.145. The summed E-state index contributed by atoms with van der Waals surface area (Å²) in [6, 6.07) is 14.1. The molecular weight excluding hydrogens is 398 g/mol. The summed E-state index contributed by atoms with van der Waals surface area (Å²) >= 11 is 0.898. The van der Waals surface area contributed by atoms with Crippen LogP contribution >= 0.6 is 11.8 Å². The molecule has 1 amide bonds. The molecule has 0 fully saturated rings. The minimum absolute atomic E-state index is 0.0598. The van der Waals surface area contributed by atoms with Gasteiger partial charge in [-0.15, -0.1) is 11.8 Å². The van der Waals surface area contributed by atoms with E-state index in [1.807, 2.05) is 6.07 Å². The lowest BCUT2D eigenvalue weighted by Crippen LogP contribution is -2.50. The van der Waals surface area contributed by atoms with Crippen molar-refractivity contribution in [3.05, 3.63) is 65.7 Å². The molecular formula is C20H21NO7S. The van der Waals surface area contributed by atoms with Gasteiger partial charge < -0.3 is 25.0 Å². The lowest BCUT2D eigenvalue weighted by atomic mass is 10.2. The number of thioether (sulfide) groups is 1. The zero-order valence-corrected chi connectivity index (χ0v) is 16.4. The molecule has 29 heavy (non-hydrogen) atoms. The Labute approximate surface area is 171 Å². The highest BCUT2D eigenvalue weighted by molar-refractivity contribution is 7.99. The first-order valence-electron chi connectivity index (χ1n) is 8.58. The normalized spacial score (nSPS) is 12.4. The van der Waals surface area contributed by atoms with E-state index in [0.29, 0.717) is 5.75 Å². The topological polar surface area (TPSA) is 122 Å². The van der Waals surface area contributed by atoms with Crippen LogP contribution in [-0.2, 0) is 26.7 Å². The Kier molecular flexibility index (Phi) is 8.35. The summed E-state index contributed by atoms with van der Waals surface area (Å²) in [4.78, 5) is 35.2. The second-order valence-electron chi connectivity index (χ2n) is 5.94. The van der Waals surface area contributed by atoms with Crippen LogP contribution in [-0.4, -0.2) is 46.6 Å². The van der Waals surface area contributed by atoms with Crippen molar-refractivity contribution in [2.45, 2.75) is 23.7 Å². The van der Waals surface area contributed by atoms with E-state index in [1.165, 1.54) is 7.11 Å². The molecule has 2 atom stereocenters. The molecule has 0 aliphatic rings. The Morgan fingerprint density at radius 2 is 1.62 bits per heavy atom. The maximum Gasteiger partial charge on any atom is 0.408 e. The van der Waals surface area contributed by atoms with Crippen LogP contribution in [0, 0.1) is 0 Å². The number of aliphatic carboxylic acids is 2. The third-order valence-electron chi connectivity index (χ3n) is 3.89. The van der Waals surface area contributed by atoms with Gasteiger partial charge in [0, 0.05) is 5.75 Å². The highest BCUT2D eigenvalue weighted by Crippen LogP contribution is 2.23. The Morgan fingerprint density at radius 1 is 0.966 bits per heavy atom. The monoisotopic (exact) mass is 419 g/mol. The van der Waals surface area contributed by atoms with E-state index in [0.717, 1.165) is 22.9 Å². The highest BCUT2D eigenvalue weighted by atomic mass is 32.2. The Hall–Kier alpha value is -3.20. The van der Waals surface area contributed by atoms with Crippen molar-refractivity contribution in [3.8, 4) is 5.75 Å². The molecule has 2 rings (SSSR count). The minimum atomic E-state index is -1.65. The van der Waals surface area contributed by atoms with Crippen LogP contribution in [0.3, 0.4) is 0 Å². The van der Waals surface area contributed by atoms with Crippen LogP contribution in [0.1, 0.15) is 11.1 Å². The van der Waals surface area contributed by atoms with Gasteiger partial charge in [0.2, 0.25) is 0 Å². The Bertz CT molecular complexity index is 826. The summed E-state index contributed by atoms with van der Waals surface area (Å²) < 4.78 is 10.1. The molecule has 0 aromatic heterocycles.